The molecule has 0 aliphatic rings. The summed E-state index contributed by atoms with van der Waals surface area (Å²) in [6.45, 7) is 4.18. The highest BCUT2D eigenvalue weighted by Gasteiger charge is 2.30. The van der Waals surface area contributed by atoms with Crippen LogP contribution in [0.3, 0.4) is 0 Å². The van der Waals surface area contributed by atoms with Crippen molar-refractivity contribution in [2.24, 2.45) is 0 Å². The van der Waals surface area contributed by atoms with Gasteiger partial charge in [0.25, 0.3) is 0 Å². The van der Waals surface area contributed by atoms with E-state index in [1.807, 2.05) is 86.6 Å². The van der Waals surface area contributed by atoms with E-state index in [0.29, 0.717) is 30.9 Å². The molecule has 0 unspecified atom stereocenters. The van der Waals surface area contributed by atoms with Crippen LogP contribution in [0.15, 0.2) is 77.3 Å². The van der Waals surface area contributed by atoms with Gasteiger partial charge in [0.05, 0.1) is 14.2 Å². The summed E-state index contributed by atoms with van der Waals surface area (Å²) in [6.07, 6.45) is 1.19. The Morgan fingerprint density at radius 3 is 2.22 bits per heavy atom. The molecule has 0 radical (unpaired) electrons. The standard InChI is InChI=1S/C30H35BrN2O4/c1-21(2)32-30(35)26(18-22-9-6-5-7-10-22)33(20-24-11-8-12-25(31)17-24)29(34)16-14-23-13-15-27(36-3)28(19-23)37-4/h5-13,15,17,19,21,26H,14,16,18,20H2,1-4H3,(H,32,35)/t26-/m0/s1. The van der Waals surface area contributed by atoms with Gasteiger partial charge in [0, 0.05) is 29.9 Å². The third kappa shape index (κ3) is 8.35. The van der Waals surface area contributed by atoms with Crippen LogP contribution in [0.1, 0.15) is 37.0 Å². The van der Waals surface area contributed by atoms with Crippen LogP contribution in [0.25, 0.3) is 0 Å². The molecule has 0 spiro atoms. The van der Waals surface area contributed by atoms with Gasteiger partial charge in [-0.2, -0.15) is 0 Å². The van der Waals surface area contributed by atoms with Gasteiger partial charge in [0.15, 0.2) is 11.5 Å². The summed E-state index contributed by atoms with van der Waals surface area (Å²) in [4.78, 5) is 28.9. The molecule has 0 aliphatic heterocycles. The zero-order valence-corrected chi connectivity index (χ0v) is 23.5. The number of hydrogen-bond acceptors (Lipinski definition) is 4. The van der Waals surface area contributed by atoms with E-state index in [1.54, 1.807) is 19.1 Å². The molecule has 7 heteroatoms. The van der Waals surface area contributed by atoms with Crippen LogP contribution in [-0.2, 0) is 29.0 Å². The van der Waals surface area contributed by atoms with Crippen molar-refractivity contribution in [2.45, 2.75) is 51.7 Å². The highest BCUT2D eigenvalue weighted by atomic mass is 79.9. The minimum atomic E-state index is -0.651. The van der Waals surface area contributed by atoms with E-state index in [1.165, 1.54) is 0 Å². The van der Waals surface area contributed by atoms with Gasteiger partial charge in [-0.3, -0.25) is 9.59 Å². The van der Waals surface area contributed by atoms with E-state index in [-0.39, 0.29) is 24.3 Å². The molecule has 37 heavy (non-hydrogen) atoms. The number of carbonyl (C=O) groups excluding carboxylic acids is 2. The largest absolute Gasteiger partial charge is 0.493 e. The lowest BCUT2D eigenvalue weighted by Gasteiger charge is -2.32. The van der Waals surface area contributed by atoms with Gasteiger partial charge in [-0.1, -0.05) is 64.5 Å². The van der Waals surface area contributed by atoms with Crippen LogP contribution in [-0.4, -0.2) is 43.0 Å². The Balaban J connectivity index is 1.90. The van der Waals surface area contributed by atoms with E-state index in [4.69, 9.17) is 9.47 Å². The maximum Gasteiger partial charge on any atom is 0.243 e. The number of methoxy groups -OCH3 is 2. The molecule has 3 aromatic carbocycles. The van der Waals surface area contributed by atoms with Gasteiger partial charge in [0.1, 0.15) is 6.04 Å². The molecular weight excluding hydrogens is 532 g/mol. The van der Waals surface area contributed by atoms with Crippen molar-refractivity contribution in [3.05, 3.63) is 94.0 Å². The lowest BCUT2D eigenvalue weighted by Crippen LogP contribution is -2.51. The van der Waals surface area contributed by atoms with E-state index in [9.17, 15) is 9.59 Å². The van der Waals surface area contributed by atoms with Crippen molar-refractivity contribution in [3.63, 3.8) is 0 Å². The third-order valence-electron chi connectivity index (χ3n) is 6.02. The normalized spacial score (nSPS) is 11.6. The van der Waals surface area contributed by atoms with Gasteiger partial charge < -0.3 is 19.7 Å². The third-order valence-corrected chi connectivity index (χ3v) is 6.51. The minimum Gasteiger partial charge on any atom is -0.493 e. The fourth-order valence-electron chi connectivity index (χ4n) is 4.20. The summed E-state index contributed by atoms with van der Waals surface area (Å²) in [7, 11) is 3.18. The molecule has 0 bridgehead atoms. The van der Waals surface area contributed by atoms with E-state index < -0.39 is 6.04 Å². The predicted octanol–water partition coefficient (Wildman–Crippen LogP) is 5.56. The SMILES string of the molecule is COc1ccc(CCC(=O)N(Cc2cccc(Br)c2)[C@@H](Cc2ccccc2)C(=O)NC(C)C)cc1OC. The lowest BCUT2D eigenvalue weighted by molar-refractivity contribution is -0.141. The summed E-state index contributed by atoms with van der Waals surface area (Å²) in [6, 6.07) is 22.6. The fraction of sp³-hybridized carbons (Fsp3) is 0.333. The van der Waals surface area contributed by atoms with Crippen LogP contribution in [0, 0.1) is 0 Å². The zero-order valence-electron chi connectivity index (χ0n) is 21.9. The van der Waals surface area contributed by atoms with Crippen molar-refractivity contribution in [2.75, 3.05) is 14.2 Å². The number of aryl methyl sites for hydroxylation is 1. The van der Waals surface area contributed by atoms with Crippen LogP contribution in [0.4, 0.5) is 0 Å². The molecule has 0 saturated heterocycles. The first-order valence-electron chi connectivity index (χ1n) is 12.4. The number of nitrogens with zero attached hydrogens (tertiary/aromatic N) is 1. The highest BCUT2D eigenvalue weighted by Crippen LogP contribution is 2.28. The quantitative estimate of drug-likeness (QED) is 0.311. The van der Waals surface area contributed by atoms with Crippen molar-refractivity contribution in [1.82, 2.24) is 10.2 Å². The molecule has 6 nitrogen and oxygen atoms in total. The predicted molar refractivity (Wildman–Crippen MR) is 150 cm³/mol. The van der Waals surface area contributed by atoms with Gasteiger partial charge in [-0.25, -0.2) is 0 Å². The van der Waals surface area contributed by atoms with Crippen LogP contribution >= 0.6 is 15.9 Å². The Morgan fingerprint density at radius 1 is 0.865 bits per heavy atom. The molecule has 1 atom stereocenters. The van der Waals surface area contributed by atoms with Crippen molar-refractivity contribution >= 4 is 27.7 Å². The minimum absolute atomic E-state index is 0.0413. The summed E-state index contributed by atoms with van der Waals surface area (Å²) in [5, 5.41) is 3.02. The first kappa shape index (κ1) is 28.3. The molecule has 2 amide bonds. The van der Waals surface area contributed by atoms with Crippen molar-refractivity contribution < 1.29 is 19.1 Å². The van der Waals surface area contributed by atoms with Gasteiger partial charge in [0.2, 0.25) is 11.8 Å². The first-order valence-corrected chi connectivity index (χ1v) is 13.2. The summed E-state index contributed by atoms with van der Waals surface area (Å²) in [5.41, 5.74) is 2.90. The molecule has 0 aliphatic carbocycles. The average Bonchev–Trinajstić information content (AvgIpc) is 2.89. The smallest absolute Gasteiger partial charge is 0.243 e. The highest BCUT2D eigenvalue weighted by molar-refractivity contribution is 9.10. The number of amides is 2. The summed E-state index contributed by atoms with van der Waals surface area (Å²) < 4.78 is 11.7. The molecule has 0 saturated carbocycles. The average molecular weight is 568 g/mol. The summed E-state index contributed by atoms with van der Waals surface area (Å²) >= 11 is 3.52. The molecule has 0 fully saturated rings. The van der Waals surface area contributed by atoms with Crippen molar-refractivity contribution in [3.8, 4) is 11.5 Å². The van der Waals surface area contributed by atoms with Crippen LogP contribution in [0.2, 0.25) is 0 Å². The van der Waals surface area contributed by atoms with Gasteiger partial charge in [-0.15, -0.1) is 0 Å². The number of nitrogens with one attached hydrogen (secondary N) is 1. The second-order valence-electron chi connectivity index (χ2n) is 9.21. The second kappa shape index (κ2) is 13.8. The lowest BCUT2D eigenvalue weighted by atomic mass is 10.0. The number of ether oxygens (including phenoxy) is 2. The monoisotopic (exact) mass is 566 g/mol. The Kier molecular flexibility index (Phi) is 10.6. The maximum absolute atomic E-state index is 13.8. The topological polar surface area (TPSA) is 67.9 Å². The molecule has 0 heterocycles. The van der Waals surface area contributed by atoms with E-state index in [0.717, 1.165) is 21.2 Å². The summed E-state index contributed by atoms with van der Waals surface area (Å²) in [5.74, 6) is 1.02. The van der Waals surface area contributed by atoms with Gasteiger partial charge in [-0.05, 0) is 61.2 Å². The molecular formula is C30H35BrN2O4. The molecule has 0 aromatic heterocycles. The molecule has 196 valence electrons. The Hall–Kier alpha value is -3.32. The molecule has 3 rings (SSSR count). The Morgan fingerprint density at radius 2 is 1.57 bits per heavy atom. The van der Waals surface area contributed by atoms with E-state index in [2.05, 4.69) is 21.2 Å². The molecule has 3 aromatic rings. The van der Waals surface area contributed by atoms with Gasteiger partial charge >= 0.3 is 0 Å². The Bertz CT molecular complexity index is 1180. The second-order valence-corrected chi connectivity index (χ2v) is 10.1. The van der Waals surface area contributed by atoms with Crippen LogP contribution < -0.4 is 14.8 Å². The number of rotatable bonds is 12. The first-order chi connectivity index (χ1) is 17.8. The number of benzene rings is 3. The Labute approximate surface area is 228 Å². The number of halogens is 1. The maximum atomic E-state index is 13.8. The van der Waals surface area contributed by atoms with Crippen molar-refractivity contribution in [1.29, 1.82) is 0 Å². The number of hydrogen-bond donors (Lipinski definition) is 1. The van der Waals surface area contributed by atoms with Crippen LogP contribution in [0.5, 0.6) is 11.5 Å². The molecule has 1 N–H and O–H groups in total. The fourth-order valence-corrected chi connectivity index (χ4v) is 4.64. The number of carbonyl (C=O) groups is 2. The van der Waals surface area contributed by atoms with E-state index >= 15 is 0 Å². The zero-order chi connectivity index (χ0) is 26.8.